The molecule has 0 radical (unpaired) electrons. The van der Waals surface area contributed by atoms with Crippen LogP contribution in [0.15, 0.2) is 42.5 Å². The van der Waals surface area contributed by atoms with Gasteiger partial charge in [0.1, 0.15) is 5.82 Å². The number of fused-ring (bicyclic) bond motifs is 5. The van der Waals surface area contributed by atoms with E-state index in [0.29, 0.717) is 0 Å². The minimum atomic E-state index is -0.214. The fourth-order valence-electron chi connectivity index (χ4n) is 4.82. The van der Waals surface area contributed by atoms with Crippen molar-refractivity contribution in [3.8, 4) is 0 Å². The molecule has 0 aliphatic heterocycles. The maximum Gasteiger partial charge on any atom is 0.125 e. The molecule has 0 fully saturated rings. The van der Waals surface area contributed by atoms with Gasteiger partial charge in [0.2, 0.25) is 0 Å². The summed E-state index contributed by atoms with van der Waals surface area (Å²) in [5.41, 5.74) is 7.98. The van der Waals surface area contributed by atoms with Gasteiger partial charge in [0.15, 0.2) is 0 Å². The molecule has 3 aromatic carbocycles. The van der Waals surface area contributed by atoms with E-state index < -0.39 is 0 Å². The van der Waals surface area contributed by atoms with Crippen LogP contribution < -0.4 is 5.22 Å². The molecule has 0 bridgehead atoms. The van der Waals surface area contributed by atoms with Crippen LogP contribution in [-0.2, 0) is 0 Å². The Balaban J connectivity index is 2.29. The minimum Gasteiger partial charge on any atom is -0.308 e. The van der Waals surface area contributed by atoms with Crippen LogP contribution >= 0.6 is 0 Å². The molecule has 138 valence electrons. The molecule has 0 saturated carbocycles. The molecular formula is C26H22FN. The first-order valence-electron chi connectivity index (χ1n) is 9.64. The van der Waals surface area contributed by atoms with Gasteiger partial charge in [0.05, 0.1) is 16.6 Å². The molecule has 0 saturated heterocycles. The minimum absolute atomic E-state index is 0.214. The highest BCUT2D eigenvalue weighted by Crippen LogP contribution is 2.37. The van der Waals surface area contributed by atoms with Gasteiger partial charge in [-0.15, -0.1) is 0 Å². The molecule has 0 atom stereocenters. The summed E-state index contributed by atoms with van der Waals surface area (Å²) in [6, 6.07) is 11.6. The zero-order valence-corrected chi connectivity index (χ0v) is 16.7. The Morgan fingerprint density at radius 3 is 2.39 bits per heavy atom. The monoisotopic (exact) mass is 367 g/mol. The third kappa shape index (κ3) is 2.00. The number of halogens is 1. The number of benzene rings is 3. The van der Waals surface area contributed by atoms with Crippen molar-refractivity contribution in [1.82, 2.24) is 4.40 Å². The highest BCUT2D eigenvalue weighted by molar-refractivity contribution is 6.19. The number of aromatic nitrogens is 1. The molecule has 2 heterocycles. The van der Waals surface area contributed by atoms with E-state index in [4.69, 9.17) is 0 Å². The van der Waals surface area contributed by atoms with Gasteiger partial charge in [-0.05, 0) is 73.4 Å². The number of rotatable bonds is 1. The van der Waals surface area contributed by atoms with Gasteiger partial charge < -0.3 is 4.40 Å². The number of aryl methyl sites for hydroxylation is 3. The van der Waals surface area contributed by atoms with Crippen LogP contribution in [-0.4, -0.2) is 4.40 Å². The van der Waals surface area contributed by atoms with Crippen molar-refractivity contribution < 1.29 is 4.39 Å². The molecule has 0 aliphatic rings. The normalized spacial score (nSPS) is 12.5. The van der Waals surface area contributed by atoms with Gasteiger partial charge in [0, 0.05) is 21.5 Å². The zero-order valence-electron chi connectivity index (χ0n) is 16.7. The SMILES string of the molecule is C=c1c2c(C)c(C)cc(C)c2n2c3cc(F)ccc3c3ccc(/C=C\C)c1c32. The van der Waals surface area contributed by atoms with Gasteiger partial charge >= 0.3 is 0 Å². The Labute approximate surface area is 163 Å². The predicted octanol–water partition coefficient (Wildman–Crippen LogP) is 6.63. The second kappa shape index (κ2) is 5.68. The summed E-state index contributed by atoms with van der Waals surface area (Å²) < 4.78 is 16.5. The topological polar surface area (TPSA) is 4.41 Å². The van der Waals surface area contributed by atoms with Crippen molar-refractivity contribution in [2.75, 3.05) is 0 Å². The molecule has 1 nitrogen and oxygen atoms in total. The summed E-state index contributed by atoms with van der Waals surface area (Å²) in [6.45, 7) is 13.0. The van der Waals surface area contributed by atoms with E-state index >= 15 is 0 Å². The lowest BCUT2D eigenvalue weighted by molar-refractivity contribution is 0.629. The first-order valence-corrected chi connectivity index (χ1v) is 9.64. The Kier molecular flexibility index (Phi) is 3.45. The van der Waals surface area contributed by atoms with Crippen molar-refractivity contribution in [2.45, 2.75) is 27.7 Å². The van der Waals surface area contributed by atoms with Crippen LogP contribution in [0.25, 0.3) is 50.7 Å². The Hall–Kier alpha value is -3.13. The van der Waals surface area contributed by atoms with E-state index in [0.717, 1.165) is 43.5 Å². The van der Waals surface area contributed by atoms with Gasteiger partial charge in [-0.25, -0.2) is 4.39 Å². The number of allylic oxidation sites excluding steroid dienone is 1. The van der Waals surface area contributed by atoms with E-state index in [1.165, 1.54) is 22.1 Å². The van der Waals surface area contributed by atoms with Crippen molar-refractivity contribution in [3.63, 3.8) is 0 Å². The first kappa shape index (κ1) is 17.0. The maximum absolute atomic E-state index is 14.3. The lowest BCUT2D eigenvalue weighted by atomic mass is 9.94. The van der Waals surface area contributed by atoms with E-state index in [1.54, 1.807) is 12.1 Å². The van der Waals surface area contributed by atoms with Crippen LogP contribution in [0.3, 0.4) is 0 Å². The summed E-state index contributed by atoms with van der Waals surface area (Å²) in [7, 11) is 0. The van der Waals surface area contributed by atoms with Crippen molar-refractivity contribution in [3.05, 3.63) is 75.8 Å². The molecule has 28 heavy (non-hydrogen) atoms. The van der Waals surface area contributed by atoms with Crippen LogP contribution in [0.5, 0.6) is 0 Å². The molecule has 0 unspecified atom stereocenters. The lowest BCUT2D eigenvalue weighted by Crippen LogP contribution is -2.11. The number of hydrogen-bond acceptors (Lipinski definition) is 0. The molecule has 2 heteroatoms. The second-order valence-corrected chi connectivity index (χ2v) is 7.76. The fraction of sp³-hybridized carbons (Fsp3) is 0.154. The summed E-state index contributed by atoms with van der Waals surface area (Å²) in [6.07, 6.45) is 4.19. The van der Waals surface area contributed by atoms with E-state index in [2.05, 4.69) is 62.1 Å². The number of hydrogen-bond donors (Lipinski definition) is 0. The molecule has 2 aromatic heterocycles. The molecule has 5 aromatic rings. The summed E-state index contributed by atoms with van der Waals surface area (Å²) in [4.78, 5) is 0. The van der Waals surface area contributed by atoms with Crippen molar-refractivity contribution in [2.24, 2.45) is 0 Å². The van der Waals surface area contributed by atoms with E-state index in [1.807, 2.05) is 13.0 Å². The second-order valence-electron chi connectivity index (χ2n) is 7.76. The highest BCUT2D eigenvalue weighted by Gasteiger charge is 2.19. The van der Waals surface area contributed by atoms with Crippen LogP contribution in [0.1, 0.15) is 29.2 Å². The van der Waals surface area contributed by atoms with E-state index in [-0.39, 0.29) is 5.82 Å². The average Bonchev–Trinajstić information content (AvgIpc) is 2.97. The van der Waals surface area contributed by atoms with Crippen LogP contribution in [0.4, 0.5) is 4.39 Å². The van der Waals surface area contributed by atoms with Crippen molar-refractivity contribution >= 4 is 50.7 Å². The van der Waals surface area contributed by atoms with Gasteiger partial charge in [-0.3, -0.25) is 0 Å². The first-order chi connectivity index (χ1) is 13.4. The molecule has 0 aliphatic carbocycles. The summed E-state index contributed by atoms with van der Waals surface area (Å²) in [5, 5.41) is 5.58. The zero-order chi connectivity index (χ0) is 19.7. The Morgan fingerprint density at radius 1 is 0.893 bits per heavy atom. The molecule has 5 rings (SSSR count). The molecular weight excluding hydrogens is 345 g/mol. The van der Waals surface area contributed by atoms with E-state index in [9.17, 15) is 4.39 Å². The highest BCUT2D eigenvalue weighted by atomic mass is 19.1. The predicted molar refractivity (Wildman–Crippen MR) is 120 cm³/mol. The number of nitrogens with zero attached hydrogens (tertiary/aromatic N) is 1. The van der Waals surface area contributed by atoms with Crippen LogP contribution in [0, 0.1) is 26.6 Å². The van der Waals surface area contributed by atoms with Crippen molar-refractivity contribution in [1.29, 1.82) is 0 Å². The standard InChI is InChI=1S/C26H22FN/c1-6-7-18-8-10-21-20-11-9-19(27)13-22(20)28-25-15(3)12-14(2)16(4)23(25)17(5)24(18)26(21)28/h6-13H,5H2,1-4H3/b7-6-. The Morgan fingerprint density at radius 2 is 1.64 bits per heavy atom. The summed E-state index contributed by atoms with van der Waals surface area (Å²) >= 11 is 0. The Bertz CT molecular complexity index is 1520. The van der Waals surface area contributed by atoms with Gasteiger partial charge in [-0.1, -0.05) is 36.9 Å². The quantitative estimate of drug-likeness (QED) is 0.293. The summed E-state index contributed by atoms with van der Waals surface area (Å²) in [5.74, 6) is -0.214. The molecule has 0 amide bonds. The smallest absolute Gasteiger partial charge is 0.125 e. The van der Waals surface area contributed by atoms with Crippen LogP contribution in [0.2, 0.25) is 0 Å². The third-order valence-corrected chi connectivity index (χ3v) is 6.11. The molecule has 0 N–H and O–H groups in total. The fourth-order valence-corrected chi connectivity index (χ4v) is 4.82. The third-order valence-electron chi connectivity index (χ3n) is 6.11. The largest absolute Gasteiger partial charge is 0.308 e. The van der Waals surface area contributed by atoms with Gasteiger partial charge in [-0.2, -0.15) is 0 Å². The maximum atomic E-state index is 14.3. The van der Waals surface area contributed by atoms with Gasteiger partial charge in [0.25, 0.3) is 0 Å². The number of pyridine rings is 1. The lowest BCUT2D eigenvalue weighted by Gasteiger charge is -2.16. The molecule has 0 spiro atoms. The average molecular weight is 367 g/mol.